The van der Waals surface area contributed by atoms with Gasteiger partial charge in [0, 0.05) is 24.8 Å². The summed E-state index contributed by atoms with van der Waals surface area (Å²) in [4.78, 5) is 27.1. The van der Waals surface area contributed by atoms with E-state index in [0.717, 1.165) is 6.42 Å². The van der Waals surface area contributed by atoms with Gasteiger partial charge in [-0.2, -0.15) is 0 Å². The number of rotatable bonds is 5. The largest absolute Gasteiger partial charge is 0.481 e. The lowest BCUT2D eigenvalue weighted by Gasteiger charge is -2.37. The number of carbonyl (C=O) groups is 2. The molecule has 0 atom stereocenters. The second-order valence-electron chi connectivity index (χ2n) is 4.86. The minimum atomic E-state index is -0.837. The minimum Gasteiger partial charge on any atom is -0.481 e. The Morgan fingerprint density at radius 1 is 1.47 bits per heavy atom. The summed E-state index contributed by atoms with van der Waals surface area (Å²) in [5.74, 6) is -1.12. The molecule has 19 heavy (non-hydrogen) atoms. The molecular weight excluding hydrogens is 246 g/mol. The lowest BCUT2D eigenvalue weighted by atomic mass is 9.69. The van der Waals surface area contributed by atoms with E-state index in [4.69, 9.17) is 5.73 Å². The van der Waals surface area contributed by atoms with E-state index in [9.17, 15) is 14.7 Å². The predicted molar refractivity (Wildman–Crippen MR) is 68.4 cm³/mol. The number of nitrogens with one attached hydrogen (secondary N) is 1. The Labute approximate surface area is 111 Å². The maximum atomic E-state index is 11.9. The Morgan fingerprint density at radius 2 is 2.21 bits per heavy atom. The Hall–Kier alpha value is -1.95. The van der Waals surface area contributed by atoms with Crippen LogP contribution in [-0.2, 0) is 11.3 Å². The summed E-state index contributed by atoms with van der Waals surface area (Å²) < 4.78 is 0. The average molecular weight is 263 g/mol. The van der Waals surface area contributed by atoms with Gasteiger partial charge in [-0.15, -0.1) is 0 Å². The van der Waals surface area contributed by atoms with Crippen molar-refractivity contribution in [2.24, 2.45) is 11.1 Å². The van der Waals surface area contributed by atoms with E-state index in [-0.39, 0.29) is 19.0 Å². The van der Waals surface area contributed by atoms with Crippen LogP contribution < -0.4 is 11.1 Å². The molecule has 1 heterocycles. The molecule has 1 aliphatic carbocycles. The first-order valence-corrected chi connectivity index (χ1v) is 6.24. The third-order valence-corrected chi connectivity index (χ3v) is 3.64. The highest BCUT2D eigenvalue weighted by atomic mass is 16.4. The van der Waals surface area contributed by atoms with Crippen LogP contribution in [0.4, 0.5) is 0 Å². The van der Waals surface area contributed by atoms with Crippen LogP contribution >= 0.6 is 0 Å². The molecule has 0 radical (unpaired) electrons. The summed E-state index contributed by atoms with van der Waals surface area (Å²) in [6.07, 6.45) is 3.65. The van der Waals surface area contributed by atoms with Crippen molar-refractivity contribution in [1.29, 1.82) is 0 Å². The number of carbonyl (C=O) groups excluding carboxylic acids is 1. The fraction of sp³-hybridized carbons (Fsp3) is 0.462. The molecule has 0 aliphatic heterocycles. The number of nitrogens with zero attached hydrogens (tertiary/aromatic N) is 1. The number of carboxylic acids is 1. The van der Waals surface area contributed by atoms with Crippen molar-refractivity contribution in [3.05, 3.63) is 29.6 Å². The molecule has 1 amide bonds. The highest BCUT2D eigenvalue weighted by molar-refractivity contribution is 5.94. The molecule has 1 aromatic rings. The van der Waals surface area contributed by atoms with E-state index < -0.39 is 11.4 Å². The number of hydrogen-bond donors (Lipinski definition) is 3. The topological polar surface area (TPSA) is 105 Å². The lowest BCUT2D eigenvalue weighted by molar-refractivity contribution is -0.153. The predicted octanol–water partition coefficient (Wildman–Crippen LogP) is 0.525. The van der Waals surface area contributed by atoms with Gasteiger partial charge in [0.25, 0.3) is 5.91 Å². The first-order valence-electron chi connectivity index (χ1n) is 6.24. The molecule has 1 saturated carbocycles. The monoisotopic (exact) mass is 263 g/mol. The van der Waals surface area contributed by atoms with Gasteiger partial charge in [0.15, 0.2) is 0 Å². The summed E-state index contributed by atoms with van der Waals surface area (Å²) in [6, 6.07) is 3.20. The van der Waals surface area contributed by atoms with Gasteiger partial charge >= 0.3 is 5.97 Å². The lowest BCUT2D eigenvalue weighted by Crippen LogP contribution is -2.47. The third kappa shape index (κ3) is 2.73. The van der Waals surface area contributed by atoms with Crippen LogP contribution in [0.2, 0.25) is 0 Å². The van der Waals surface area contributed by atoms with E-state index in [1.54, 1.807) is 12.1 Å². The van der Waals surface area contributed by atoms with Gasteiger partial charge in [-0.1, -0.05) is 6.42 Å². The molecule has 0 bridgehead atoms. The Morgan fingerprint density at radius 3 is 2.74 bits per heavy atom. The van der Waals surface area contributed by atoms with Gasteiger partial charge in [0.2, 0.25) is 0 Å². The number of aliphatic carboxylic acids is 1. The molecule has 4 N–H and O–H groups in total. The van der Waals surface area contributed by atoms with E-state index in [0.29, 0.717) is 24.1 Å². The molecule has 6 nitrogen and oxygen atoms in total. The molecule has 1 fully saturated rings. The summed E-state index contributed by atoms with van der Waals surface area (Å²) in [7, 11) is 0. The number of pyridine rings is 1. The molecule has 0 spiro atoms. The van der Waals surface area contributed by atoms with Gasteiger partial charge in [0.05, 0.1) is 11.1 Å². The van der Waals surface area contributed by atoms with Crippen LogP contribution in [0.15, 0.2) is 18.3 Å². The average Bonchev–Trinajstić information content (AvgIpc) is 2.37. The van der Waals surface area contributed by atoms with Gasteiger partial charge in [-0.25, -0.2) is 0 Å². The zero-order valence-electron chi connectivity index (χ0n) is 10.6. The highest BCUT2D eigenvalue weighted by Gasteiger charge is 2.44. The normalized spacial score (nSPS) is 16.5. The van der Waals surface area contributed by atoms with Crippen molar-refractivity contribution in [2.45, 2.75) is 25.8 Å². The maximum absolute atomic E-state index is 11.9. The third-order valence-electron chi connectivity index (χ3n) is 3.64. The van der Waals surface area contributed by atoms with Crippen molar-refractivity contribution in [3.8, 4) is 0 Å². The quantitative estimate of drug-likeness (QED) is 0.718. The molecule has 1 aliphatic rings. The Balaban J connectivity index is 1.99. The van der Waals surface area contributed by atoms with Gasteiger partial charge in [-0.05, 0) is 25.0 Å². The van der Waals surface area contributed by atoms with Gasteiger partial charge in [-0.3, -0.25) is 14.6 Å². The van der Waals surface area contributed by atoms with Crippen LogP contribution in [0.25, 0.3) is 0 Å². The number of carboxylic acid groups (broad SMARTS) is 1. The summed E-state index contributed by atoms with van der Waals surface area (Å²) >= 11 is 0. The SMILES string of the molecule is NCc1cc(C(=O)NCC2(C(=O)O)CCC2)ccn1. The molecular formula is C13H17N3O3. The summed E-state index contributed by atoms with van der Waals surface area (Å²) in [5.41, 5.74) is 5.77. The van der Waals surface area contributed by atoms with Crippen LogP contribution in [0.3, 0.4) is 0 Å². The van der Waals surface area contributed by atoms with Crippen molar-refractivity contribution in [3.63, 3.8) is 0 Å². The van der Waals surface area contributed by atoms with Crippen molar-refractivity contribution < 1.29 is 14.7 Å². The van der Waals surface area contributed by atoms with E-state index in [1.165, 1.54) is 6.20 Å². The molecule has 1 aromatic heterocycles. The van der Waals surface area contributed by atoms with Crippen molar-refractivity contribution >= 4 is 11.9 Å². The van der Waals surface area contributed by atoms with Crippen LogP contribution in [-0.4, -0.2) is 28.5 Å². The van der Waals surface area contributed by atoms with E-state index in [2.05, 4.69) is 10.3 Å². The number of aromatic nitrogens is 1. The molecule has 0 saturated heterocycles. The fourth-order valence-electron chi connectivity index (χ4n) is 2.15. The smallest absolute Gasteiger partial charge is 0.311 e. The number of amides is 1. The second kappa shape index (κ2) is 5.36. The van der Waals surface area contributed by atoms with E-state index in [1.807, 2.05) is 0 Å². The first kappa shape index (κ1) is 13.5. The zero-order chi connectivity index (χ0) is 13.9. The van der Waals surface area contributed by atoms with Crippen LogP contribution in [0.1, 0.15) is 35.3 Å². The maximum Gasteiger partial charge on any atom is 0.311 e. The zero-order valence-corrected chi connectivity index (χ0v) is 10.6. The van der Waals surface area contributed by atoms with Crippen molar-refractivity contribution in [1.82, 2.24) is 10.3 Å². The highest BCUT2D eigenvalue weighted by Crippen LogP contribution is 2.40. The van der Waals surface area contributed by atoms with Crippen molar-refractivity contribution in [2.75, 3.05) is 6.54 Å². The molecule has 2 rings (SSSR count). The van der Waals surface area contributed by atoms with Crippen LogP contribution in [0, 0.1) is 5.41 Å². The van der Waals surface area contributed by atoms with E-state index >= 15 is 0 Å². The Bertz CT molecular complexity index is 498. The summed E-state index contributed by atoms with van der Waals surface area (Å²) in [5, 5.41) is 11.9. The van der Waals surface area contributed by atoms with Gasteiger partial charge in [0.1, 0.15) is 0 Å². The number of nitrogens with two attached hydrogens (primary N) is 1. The standard InChI is InChI=1S/C13H17N3O3/c14-7-10-6-9(2-5-15-10)11(17)16-8-13(12(18)19)3-1-4-13/h2,5-6H,1,3-4,7-8,14H2,(H,16,17)(H,18,19). The molecule has 0 unspecified atom stereocenters. The molecule has 102 valence electrons. The molecule has 6 heteroatoms. The minimum absolute atomic E-state index is 0.168. The summed E-state index contributed by atoms with van der Waals surface area (Å²) in [6.45, 7) is 0.432. The number of hydrogen-bond acceptors (Lipinski definition) is 4. The first-order chi connectivity index (χ1) is 9.07. The second-order valence-corrected chi connectivity index (χ2v) is 4.86. The Kier molecular flexibility index (Phi) is 3.80. The molecule has 0 aromatic carbocycles. The van der Waals surface area contributed by atoms with Crippen LogP contribution in [0.5, 0.6) is 0 Å². The van der Waals surface area contributed by atoms with Gasteiger partial charge < -0.3 is 16.2 Å². The fourth-order valence-corrected chi connectivity index (χ4v) is 2.15.